The number of methoxy groups -OCH3 is 1. The lowest BCUT2D eigenvalue weighted by molar-refractivity contribution is 0.294. The van der Waals surface area contributed by atoms with Gasteiger partial charge in [-0.2, -0.15) is 0 Å². The van der Waals surface area contributed by atoms with Gasteiger partial charge in [0.1, 0.15) is 5.82 Å². The number of benzene rings is 1. The van der Waals surface area contributed by atoms with Crippen molar-refractivity contribution in [3.8, 4) is 11.5 Å². The van der Waals surface area contributed by atoms with Crippen LogP contribution >= 0.6 is 0 Å². The molecule has 1 aromatic heterocycles. The zero-order valence-corrected chi connectivity index (χ0v) is 12.2. The van der Waals surface area contributed by atoms with Gasteiger partial charge in [0, 0.05) is 31.9 Å². The fraction of sp³-hybridized carbons (Fsp3) is 0.400. The minimum Gasteiger partial charge on any atom is -0.493 e. The number of aromatic nitrogens is 2. The van der Waals surface area contributed by atoms with Crippen molar-refractivity contribution in [3.05, 3.63) is 42.0 Å². The summed E-state index contributed by atoms with van der Waals surface area (Å²) in [5.41, 5.74) is 6.89. The van der Waals surface area contributed by atoms with Gasteiger partial charge in [-0.1, -0.05) is 6.07 Å². The monoisotopic (exact) mass is 275 g/mol. The Balaban J connectivity index is 2.00. The number of rotatable bonds is 6. The lowest BCUT2D eigenvalue weighted by Gasteiger charge is -2.13. The third-order valence-electron chi connectivity index (χ3n) is 3.22. The minimum absolute atomic E-state index is 0.0227. The molecule has 0 amide bonds. The van der Waals surface area contributed by atoms with Gasteiger partial charge in [-0.15, -0.1) is 0 Å². The van der Waals surface area contributed by atoms with Gasteiger partial charge in [-0.3, -0.25) is 0 Å². The number of nitrogens with zero attached hydrogens (tertiary/aromatic N) is 2. The van der Waals surface area contributed by atoms with Crippen molar-refractivity contribution in [2.24, 2.45) is 12.8 Å². The molecule has 5 nitrogen and oxygen atoms in total. The van der Waals surface area contributed by atoms with E-state index in [0.717, 1.165) is 23.6 Å². The molecule has 2 rings (SSSR count). The Hall–Kier alpha value is -2.01. The molecule has 20 heavy (non-hydrogen) atoms. The molecule has 1 heterocycles. The first-order valence-electron chi connectivity index (χ1n) is 6.64. The van der Waals surface area contributed by atoms with Gasteiger partial charge in [-0.05, 0) is 24.6 Å². The van der Waals surface area contributed by atoms with Gasteiger partial charge >= 0.3 is 0 Å². The maximum atomic E-state index is 5.86. The molecule has 0 radical (unpaired) electrons. The van der Waals surface area contributed by atoms with Crippen LogP contribution < -0.4 is 15.2 Å². The number of imidazole rings is 1. The molecular formula is C15H21N3O2. The van der Waals surface area contributed by atoms with Crippen molar-refractivity contribution in [2.75, 3.05) is 13.7 Å². The van der Waals surface area contributed by atoms with E-state index in [9.17, 15) is 0 Å². The summed E-state index contributed by atoms with van der Waals surface area (Å²) in [7, 11) is 3.60. The SMILES string of the molecule is COc1cc([C@@H](C)N)ccc1OCCc1nccn1C. The molecule has 0 aliphatic rings. The van der Waals surface area contributed by atoms with Gasteiger partial charge in [-0.25, -0.2) is 4.98 Å². The summed E-state index contributed by atoms with van der Waals surface area (Å²) >= 11 is 0. The van der Waals surface area contributed by atoms with E-state index in [1.165, 1.54) is 0 Å². The Bertz CT molecular complexity index is 564. The van der Waals surface area contributed by atoms with Crippen molar-refractivity contribution in [1.82, 2.24) is 9.55 Å². The van der Waals surface area contributed by atoms with Crippen LogP contribution in [-0.2, 0) is 13.5 Å². The van der Waals surface area contributed by atoms with E-state index in [0.29, 0.717) is 12.4 Å². The highest BCUT2D eigenvalue weighted by Gasteiger charge is 2.08. The molecule has 0 unspecified atom stereocenters. The highest BCUT2D eigenvalue weighted by atomic mass is 16.5. The summed E-state index contributed by atoms with van der Waals surface area (Å²) in [6.07, 6.45) is 4.46. The molecule has 108 valence electrons. The molecule has 0 aliphatic carbocycles. The molecular weight excluding hydrogens is 254 g/mol. The Morgan fingerprint density at radius 3 is 2.75 bits per heavy atom. The maximum absolute atomic E-state index is 5.86. The topological polar surface area (TPSA) is 62.3 Å². The van der Waals surface area contributed by atoms with Crippen molar-refractivity contribution >= 4 is 0 Å². The van der Waals surface area contributed by atoms with Crippen LogP contribution in [0.5, 0.6) is 11.5 Å². The lowest BCUT2D eigenvalue weighted by Crippen LogP contribution is -2.08. The second kappa shape index (κ2) is 6.43. The summed E-state index contributed by atoms with van der Waals surface area (Å²) in [5.74, 6) is 2.43. The van der Waals surface area contributed by atoms with Gasteiger partial charge in [0.2, 0.25) is 0 Å². The van der Waals surface area contributed by atoms with Gasteiger partial charge in [0.25, 0.3) is 0 Å². The molecule has 0 aliphatic heterocycles. The van der Waals surface area contributed by atoms with E-state index in [4.69, 9.17) is 15.2 Å². The molecule has 0 fully saturated rings. The standard InChI is InChI=1S/C15H21N3O2/c1-11(16)12-4-5-13(14(10-12)19-3)20-9-6-15-17-7-8-18(15)2/h4-5,7-8,10-11H,6,9,16H2,1-3H3/t11-/m1/s1. The molecule has 0 spiro atoms. The van der Waals surface area contributed by atoms with E-state index >= 15 is 0 Å². The molecule has 2 aromatic rings. The molecule has 2 N–H and O–H groups in total. The largest absolute Gasteiger partial charge is 0.493 e. The van der Waals surface area contributed by atoms with Crippen LogP contribution in [0.4, 0.5) is 0 Å². The number of ether oxygens (including phenoxy) is 2. The molecule has 0 saturated heterocycles. The van der Waals surface area contributed by atoms with Gasteiger partial charge in [0.15, 0.2) is 11.5 Å². The zero-order valence-electron chi connectivity index (χ0n) is 12.2. The first kappa shape index (κ1) is 14.4. The van der Waals surface area contributed by atoms with E-state index in [1.54, 1.807) is 13.3 Å². The summed E-state index contributed by atoms with van der Waals surface area (Å²) in [6, 6.07) is 5.76. The average Bonchev–Trinajstić information content (AvgIpc) is 2.84. The highest BCUT2D eigenvalue weighted by Crippen LogP contribution is 2.29. The number of hydrogen-bond acceptors (Lipinski definition) is 4. The quantitative estimate of drug-likeness (QED) is 0.876. The Morgan fingerprint density at radius 1 is 1.35 bits per heavy atom. The van der Waals surface area contributed by atoms with Gasteiger partial charge in [0.05, 0.1) is 13.7 Å². The third kappa shape index (κ3) is 3.30. The van der Waals surface area contributed by atoms with Crippen molar-refractivity contribution < 1.29 is 9.47 Å². The lowest BCUT2D eigenvalue weighted by atomic mass is 10.1. The number of aryl methyl sites for hydroxylation is 1. The van der Waals surface area contributed by atoms with Crippen LogP contribution in [0, 0.1) is 0 Å². The molecule has 0 saturated carbocycles. The fourth-order valence-electron chi connectivity index (χ4n) is 1.98. The van der Waals surface area contributed by atoms with Crippen LogP contribution in [0.15, 0.2) is 30.6 Å². The van der Waals surface area contributed by atoms with Crippen molar-refractivity contribution in [2.45, 2.75) is 19.4 Å². The Kier molecular flexibility index (Phi) is 4.63. The van der Waals surface area contributed by atoms with Crippen LogP contribution in [0.25, 0.3) is 0 Å². The first-order valence-corrected chi connectivity index (χ1v) is 6.64. The first-order chi connectivity index (χ1) is 9.61. The Morgan fingerprint density at radius 2 is 2.15 bits per heavy atom. The summed E-state index contributed by atoms with van der Waals surface area (Å²) in [5, 5.41) is 0. The highest BCUT2D eigenvalue weighted by molar-refractivity contribution is 5.43. The van der Waals surface area contributed by atoms with Crippen LogP contribution in [0.2, 0.25) is 0 Å². The van der Waals surface area contributed by atoms with Crippen molar-refractivity contribution in [1.29, 1.82) is 0 Å². The third-order valence-corrected chi connectivity index (χ3v) is 3.22. The molecule has 1 aromatic carbocycles. The minimum atomic E-state index is -0.0227. The van der Waals surface area contributed by atoms with E-state index < -0.39 is 0 Å². The predicted octanol–water partition coefficient (Wildman–Crippen LogP) is 2.07. The smallest absolute Gasteiger partial charge is 0.161 e. The summed E-state index contributed by atoms with van der Waals surface area (Å²) < 4.78 is 13.1. The summed E-state index contributed by atoms with van der Waals surface area (Å²) in [4.78, 5) is 4.26. The number of nitrogens with two attached hydrogens (primary N) is 1. The number of hydrogen-bond donors (Lipinski definition) is 1. The average molecular weight is 275 g/mol. The van der Waals surface area contributed by atoms with Crippen molar-refractivity contribution in [3.63, 3.8) is 0 Å². The normalized spacial score (nSPS) is 12.2. The predicted molar refractivity (Wildman–Crippen MR) is 78.0 cm³/mol. The van der Waals surface area contributed by atoms with Crippen LogP contribution in [0.1, 0.15) is 24.4 Å². The summed E-state index contributed by atoms with van der Waals surface area (Å²) in [6.45, 7) is 2.50. The van der Waals surface area contributed by atoms with Gasteiger partial charge < -0.3 is 19.8 Å². The van der Waals surface area contributed by atoms with E-state index in [2.05, 4.69) is 4.98 Å². The van der Waals surface area contributed by atoms with E-state index in [-0.39, 0.29) is 6.04 Å². The van der Waals surface area contributed by atoms with Crippen LogP contribution in [0.3, 0.4) is 0 Å². The fourth-order valence-corrected chi connectivity index (χ4v) is 1.98. The van der Waals surface area contributed by atoms with Crippen LogP contribution in [-0.4, -0.2) is 23.3 Å². The zero-order chi connectivity index (χ0) is 14.5. The maximum Gasteiger partial charge on any atom is 0.161 e. The second-order valence-electron chi connectivity index (χ2n) is 4.75. The second-order valence-corrected chi connectivity index (χ2v) is 4.75. The molecule has 1 atom stereocenters. The molecule has 5 heteroatoms. The Labute approximate surface area is 119 Å². The van der Waals surface area contributed by atoms with E-state index in [1.807, 2.05) is 42.9 Å². The molecule has 0 bridgehead atoms.